The first-order valence-corrected chi connectivity index (χ1v) is 8.06. The fourth-order valence-electron chi connectivity index (χ4n) is 2.75. The van der Waals surface area contributed by atoms with Crippen LogP contribution in [0.25, 0.3) is 11.3 Å². The molecular weight excluding hydrogens is 292 g/mol. The molecule has 1 saturated heterocycles. The van der Waals surface area contributed by atoms with Gasteiger partial charge < -0.3 is 14.5 Å². The molecule has 5 nitrogen and oxygen atoms in total. The third-order valence-corrected chi connectivity index (χ3v) is 4.00. The summed E-state index contributed by atoms with van der Waals surface area (Å²) >= 11 is 0. The fourth-order valence-corrected chi connectivity index (χ4v) is 2.75. The van der Waals surface area contributed by atoms with Crippen LogP contribution in [0, 0.1) is 0 Å². The van der Waals surface area contributed by atoms with Gasteiger partial charge in [-0.3, -0.25) is 9.69 Å². The van der Waals surface area contributed by atoms with Crippen LogP contribution in [0.3, 0.4) is 0 Å². The highest BCUT2D eigenvalue weighted by molar-refractivity contribution is 6.00. The fraction of sp³-hybridized carbons (Fsp3) is 0.389. The summed E-state index contributed by atoms with van der Waals surface area (Å²) in [4.78, 5) is 14.8. The lowest BCUT2D eigenvalue weighted by molar-refractivity contribution is 0.0374. The van der Waals surface area contributed by atoms with Gasteiger partial charge >= 0.3 is 0 Å². The highest BCUT2D eigenvalue weighted by atomic mass is 16.5. The Morgan fingerprint density at radius 1 is 1.13 bits per heavy atom. The Kier molecular flexibility index (Phi) is 5.45. The Morgan fingerprint density at radius 3 is 2.74 bits per heavy atom. The number of morpholine rings is 1. The van der Waals surface area contributed by atoms with E-state index in [0.29, 0.717) is 17.9 Å². The largest absolute Gasteiger partial charge is 0.464 e. The standard InChI is InChI=1S/C18H22N2O3/c21-18(19-8-4-9-20-10-13-22-14-11-20)16-6-2-1-5-15(16)17-7-3-12-23-17/h1-3,5-7,12H,4,8-11,13-14H2,(H,19,21). The van der Waals surface area contributed by atoms with E-state index in [1.54, 1.807) is 6.26 Å². The van der Waals surface area contributed by atoms with E-state index in [1.165, 1.54) is 0 Å². The van der Waals surface area contributed by atoms with Crippen molar-refractivity contribution >= 4 is 5.91 Å². The van der Waals surface area contributed by atoms with E-state index >= 15 is 0 Å². The first-order valence-electron chi connectivity index (χ1n) is 8.06. The molecule has 0 aliphatic carbocycles. The molecule has 1 amide bonds. The Hall–Kier alpha value is -2.11. The lowest BCUT2D eigenvalue weighted by Crippen LogP contribution is -2.38. The molecule has 2 heterocycles. The zero-order valence-corrected chi connectivity index (χ0v) is 13.2. The van der Waals surface area contributed by atoms with Crippen molar-refractivity contribution in [2.75, 3.05) is 39.4 Å². The number of benzene rings is 1. The van der Waals surface area contributed by atoms with E-state index in [9.17, 15) is 4.79 Å². The summed E-state index contributed by atoms with van der Waals surface area (Å²) in [6, 6.07) is 11.2. The minimum Gasteiger partial charge on any atom is -0.464 e. The molecule has 0 saturated carbocycles. The summed E-state index contributed by atoms with van der Waals surface area (Å²) in [7, 11) is 0. The summed E-state index contributed by atoms with van der Waals surface area (Å²) in [5.74, 6) is 0.656. The zero-order chi connectivity index (χ0) is 15.9. The molecule has 1 N–H and O–H groups in total. The highest BCUT2D eigenvalue weighted by Gasteiger charge is 2.14. The SMILES string of the molecule is O=C(NCCCN1CCOCC1)c1ccccc1-c1ccco1. The van der Waals surface area contributed by atoms with Crippen molar-refractivity contribution in [2.24, 2.45) is 0 Å². The number of hydrogen-bond donors (Lipinski definition) is 1. The second kappa shape index (κ2) is 7.94. The topological polar surface area (TPSA) is 54.7 Å². The quantitative estimate of drug-likeness (QED) is 0.832. The maximum Gasteiger partial charge on any atom is 0.252 e. The summed E-state index contributed by atoms with van der Waals surface area (Å²) in [6.45, 7) is 5.24. The third-order valence-electron chi connectivity index (χ3n) is 4.00. The van der Waals surface area contributed by atoms with Gasteiger partial charge in [0.15, 0.2) is 0 Å². The molecule has 23 heavy (non-hydrogen) atoms. The van der Waals surface area contributed by atoms with Gasteiger partial charge in [0, 0.05) is 25.2 Å². The highest BCUT2D eigenvalue weighted by Crippen LogP contribution is 2.23. The average molecular weight is 314 g/mol. The first kappa shape index (κ1) is 15.8. The van der Waals surface area contributed by atoms with Gasteiger partial charge in [-0.2, -0.15) is 0 Å². The number of nitrogens with zero attached hydrogens (tertiary/aromatic N) is 1. The molecule has 0 atom stereocenters. The molecule has 0 bridgehead atoms. The van der Waals surface area contributed by atoms with Crippen molar-refractivity contribution in [1.82, 2.24) is 10.2 Å². The number of ether oxygens (including phenoxy) is 1. The van der Waals surface area contributed by atoms with Gasteiger partial charge in [0.2, 0.25) is 0 Å². The molecule has 1 aromatic carbocycles. The molecule has 0 radical (unpaired) electrons. The molecule has 1 fully saturated rings. The smallest absolute Gasteiger partial charge is 0.252 e. The van der Waals surface area contributed by atoms with Crippen molar-refractivity contribution in [3.05, 3.63) is 48.2 Å². The van der Waals surface area contributed by atoms with Gasteiger partial charge in [-0.15, -0.1) is 0 Å². The van der Waals surface area contributed by atoms with E-state index in [4.69, 9.17) is 9.15 Å². The second-order valence-corrected chi connectivity index (χ2v) is 5.59. The van der Waals surface area contributed by atoms with Crippen LogP contribution in [0.15, 0.2) is 47.1 Å². The van der Waals surface area contributed by atoms with Crippen LogP contribution >= 0.6 is 0 Å². The van der Waals surface area contributed by atoms with E-state index < -0.39 is 0 Å². The summed E-state index contributed by atoms with van der Waals surface area (Å²) in [5, 5.41) is 3.00. The summed E-state index contributed by atoms with van der Waals surface area (Å²) in [5.41, 5.74) is 1.47. The number of nitrogens with one attached hydrogen (secondary N) is 1. The molecule has 122 valence electrons. The number of amides is 1. The predicted molar refractivity (Wildman–Crippen MR) is 88.4 cm³/mol. The molecule has 1 aliphatic heterocycles. The lowest BCUT2D eigenvalue weighted by Gasteiger charge is -2.26. The second-order valence-electron chi connectivity index (χ2n) is 5.59. The molecule has 1 aliphatic rings. The monoisotopic (exact) mass is 314 g/mol. The normalized spacial score (nSPS) is 15.5. The van der Waals surface area contributed by atoms with E-state index in [2.05, 4.69) is 10.2 Å². The average Bonchev–Trinajstić information content (AvgIpc) is 3.14. The Balaban J connectivity index is 1.52. The van der Waals surface area contributed by atoms with Gasteiger partial charge in [-0.05, 0) is 31.2 Å². The molecule has 0 spiro atoms. The minimum atomic E-state index is -0.0565. The van der Waals surface area contributed by atoms with Gasteiger partial charge in [0.25, 0.3) is 5.91 Å². The van der Waals surface area contributed by atoms with Crippen molar-refractivity contribution in [2.45, 2.75) is 6.42 Å². The molecule has 1 aromatic heterocycles. The number of carbonyl (C=O) groups excluding carboxylic acids is 1. The predicted octanol–water partition coefficient (Wildman–Crippen LogP) is 2.40. The first-order chi connectivity index (χ1) is 11.3. The zero-order valence-electron chi connectivity index (χ0n) is 13.2. The van der Waals surface area contributed by atoms with Crippen LogP contribution in [0.2, 0.25) is 0 Å². The van der Waals surface area contributed by atoms with Gasteiger partial charge in [-0.25, -0.2) is 0 Å². The number of rotatable bonds is 6. The molecule has 3 rings (SSSR count). The maximum atomic E-state index is 12.4. The number of carbonyl (C=O) groups is 1. The summed E-state index contributed by atoms with van der Waals surface area (Å²) < 4.78 is 10.7. The lowest BCUT2D eigenvalue weighted by atomic mass is 10.0. The minimum absolute atomic E-state index is 0.0565. The van der Waals surface area contributed by atoms with Crippen LogP contribution in [0.4, 0.5) is 0 Å². The van der Waals surface area contributed by atoms with Crippen LogP contribution < -0.4 is 5.32 Å². The Morgan fingerprint density at radius 2 is 1.96 bits per heavy atom. The van der Waals surface area contributed by atoms with Crippen molar-refractivity contribution in [3.63, 3.8) is 0 Å². The van der Waals surface area contributed by atoms with Crippen LogP contribution in [0.5, 0.6) is 0 Å². The van der Waals surface area contributed by atoms with Crippen molar-refractivity contribution < 1.29 is 13.9 Å². The molecule has 5 heteroatoms. The van der Waals surface area contributed by atoms with E-state index in [1.807, 2.05) is 36.4 Å². The van der Waals surface area contributed by atoms with Gasteiger partial charge in [-0.1, -0.05) is 18.2 Å². The van der Waals surface area contributed by atoms with Gasteiger partial charge in [0.1, 0.15) is 5.76 Å². The van der Waals surface area contributed by atoms with Crippen LogP contribution in [-0.4, -0.2) is 50.2 Å². The number of furan rings is 1. The molecule has 2 aromatic rings. The Labute approximate surface area is 136 Å². The summed E-state index contributed by atoms with van der Waals surface area (Å²) in [6.07, 6.45) is 2.56. The molecule has 0 unspecified atom stereocenters. The maximum absolute atomic E-state index is 12.4. The van der Waals surface area contributed by atoms with Crippen LogP contribution in [0.1, 0.15) is 16.8 Å². The Bertz CT molecular complexity index is 619. The van der Waals surface area contributed by atoms with Crippen molar-refractivity contribution in [3.8, 4) is 11.3 Å². The van der Waals surface area contributed by atoms with E-state index in [-0.39, 0.29) is 5.91 Å². The molecular formula is C18H22N2O3. The van der Waals surface area contributed by atoms with Crippen molar-refractivity contribution in [1.29, 1.82) is 0 Å². The number of hydrogen-bond acceptors (Lipinski definition) is 4. The third kappa shape index (κ3) is 4.21. The van der Waals surface area contributed by atoms with E-state index in [0.717, 1.165) is 44.8 Å². The van der Waals surface area contributed by atoms with Gasteiger partial charge in [0.05, 0.1) is 25.0 Å². The van der Waals surface area contributed by atoms with Crippen LogP contribution in [-0.2, 0) is 4.74 Å².